The van der Waals surface area contributed by atoms with Crippen LogP contribution in [0.4, 0.5) is 5.69 Å². The van der Waals surface area contributed by atoms with Crippen LogP contribution in [0.3, 0.4) is 0 Å². The molecule has 0 aromatic heterocycles. The molecule has 1 N–H and O–H groups in total. The Morgan fingerprint density at radius 3 is 2.24 bits per heavy atom. The number of nitrogens with one attached hydrogen (secondary N) is 1. The number of nitrogens with zero attached hydrogens (tertiary/aromatic N) is 2. The highest BCUT2D eigenvalue weighted by Gasteiger charge is 2.33. The van der Waals surface area contributed by atoms with Crippen molar-refractivity contribution < 1.29 is 18.0 Å². The first-order valence-electron chi connectivity index (χ1n) is 12.5. The number of sulfonamides is 1. The van der Waals surface area contributed by atoms with Crippen LogP contribution < -0.4 is 9.62 Å². The second kappa shape index (κ2) is 12.9. The van der Waals surface area contributed by atoms with Gasteiger partial charge >= 0.3 is 0 Å². The van der Waals surface area contributed by atoms with Gasteiger partial charge < -0.3 is 10.2 Å². The number of carbonyl (C=O) groups excluding carboxylic acids is 2. The standard InChI is InChI=1S/C29H34ClN3O4S/c1-5-22(3)31-29(35)23(4)32(19-24-13-11-14-25(30)18-24)28(34)20-33(27-17-10-9-12-21(27)2)38(36,37)26-15-7-6-8-16-26/h6-18,22-23H,5,19-20H2,1-4H3,(H,31,35). The van der Waals surface area contributed by atoms with Crippen molar-refractivity contribution in [1.82, 2.24) is 10.2 Å². The van der Waals surface area contributed by atoms with E-state index in [0.29, 0.717) is 16.3 Å². The maximum absolute atomic E-state index is 13.9. The van der Waals surface area contributed by atoms with Gasteiger partial charge in [0.2, 0.25) is 11.8 Å². The number of anilines is 1. The molecule has 0 aliphatic heterocycles. The summed E-state index contributed by atoms with van der Waals surface area (Å²) in [5.74, 6) is -0.831. The summed E-state index contributed by atoms with van der Waals surface area (Å²) in [6.07, 6.45) is 0.733. The molecule has 9 heteroatoms. The van der Waals surface area contributed by atoms with Gasteiger partial charge in [-0.3, -0.25) is 13.9 Å². The van der Waals surface area contributed by atoms with Crippen LogP contribution in [0.25, 0.3) is 0 Å². The number of hydrogen-bond acceptors (Lipinski definition) is 4. The fourth-order valence-electron chi connectivity index (χ4n) is 3.96. The van der Waals surface area contributed by atoms with Crippen molar-refractivity contribution in [2.45, 2.75) is 57.6 Å². The minimum Gasteiger partial charge on any atom is -0.352 e. The van der Waals surface area contributed by atoms with Crippen molar-refractivity contribution in [1.29, 1.82) is 0 Å². The van der Waals surface area contributed by atoms with E-state index in [0.717, 1.165) is 16.3 Å². The zero-order valence-corrected chi connectivity index (χ0v) is 23.7. The number of benzene rings is 3. The molecule has 2 unspecified atom stereocenters. The second-order valence-corrected chi connectivity index (χ2v) is 11.6. The first kappa shape index (κ1) is 29.2. The Morgan fingerprint density at radius 2 is 1.61 bits per heavy atom. The summed E-state index contributed by atoms with van der Waals surface area (Å²) >= 11 is 6.18. The topological polar surface area (TPSA) is 86.8 Å². The van der Waals surface area contributed by atoms with E-state index in [9.17, 15) is 18.0 Å². The lowest BCUT2D eigenvalue weighted by Crippen LogP contribution is -2.52. The Kier molecular flexibility index (Phi) is 9.94. The molecular weight excluding hydrogens is 522 g/mol. The van der Waals surface area contributed by atoms with Gasteiger partial charge in [0.1, 0.15) is 12.6 Å². The van der Waals surface area contributed by atoms with E-state index in [-0.39, 0.29) is 23.4 Å². The fraction of sp³-hybridized carbons (Fsp3) is 0.310. The monoisotopic (exact) mass is 555 g/mol. The number of para-hydroxylation sites is 1. The molecule has 3 aromatic rings. The molecule has 2 amide bonds. The average Bonchev–Trinajstić information content (AvgIpc) is 2.90. The maximum Gasteiger partial charge on any atom is 0.264 e. The second-order valence-electron chi connectivity index (χ2n) is 9.26. The first-order chi connectivity index (χ1) is 18.0. The first-order valence-corrected chi connectivity index (χ1v) is 14.3. The minimum absolute atomic E-state index is 0.0695. The Bertz CT molecular complexity index is 1370. The summed E-state index contributed by atoms with van der Waals surface area (Å²) in [5.41, 5.74) is 1.82. The van der Waals surface area contributed by atoms with Crippen molar-refractivity contribution in [3.05, 3.63) is 95.0 Å². The third kappa shape index (κ3) is 7.14. The summed E-state index contributed by atoms with van der Waals surface area (Å²) in [6.45, 7) is 6.88. The van der Waals surface area contributed by atoms with Crippen molar-refractivity contribution in [3.63, 3.8) is 0 Å². The SMILES string of the molecule is CCC(C)NC(=O)C(C)N(Cc1cccc(Cl)c1)C(=O)CN(c1ccccc1C)S(=O)(=O)c1ccccc1. The lowest BCUT2D eigenvalue weighted by molar-refractivity contribution is -0.139. The average molecular weight is 556 g/mol. The molecule has 0 bridgehead atoms. The summed E-state index contributed by atoms with van der Waals surface area (Å²) in [4.78, 5) is 28.5. The van der Waals surface area contributed by atoms with E-state index in [1.54, 1.807) is 74.5 Å². The third-order valence-corrected chi connectivity index (χ3v) is 8.41. The molecule has 0 aliphatic carbocycles. The van der Waals surface area contributed by atoms with E-state index < -0.39 is 28.5 Å². The zero-order valence-electron chi connectivity index (χ0n) is 22.1. The molecule has 3 aromatic carbocycles. The van der Waals surface area contributed by atoms with E-state index in [1.807, 2.05) is 19.9 Å². The van der Waals surface area contributed by atoms with Crippen LogP contribution in [0.15, 0.2) is 83.8 Å². The molecule has 0 saturated carbocycles. The predicted octanol–water partition coefficient (Wildman–Crippen LogP) is 5.18. The van der Waals surface area contributed by atoms with Gasteiger partial charge in [0.15, 0.2) is 0 Å². The highest BCUT2D eigenvalue weighted by Crippen LogP contribution is 2.27. The molecule has 0 fully saturated rings. The van der Waals surface area contributed by atoms with Gasteiger partial charge in [0.05, 0.1) is 10.6 Å². The Balaban J connectivity index is 2.03. The number of hydrogen-bond donors (Lipinski definition) is 1. The summed E-state index contributed by atoms with van der Waals surface area (Å²) in [6, 6.07) is 21.1. The van der Waals surface area contributed by atoms with E-state index in [2.05, 4.69) is 5.32 Å². The van der Waals surface area contributed by atoms with Crippen LogP contribution in [0, 0.1) is 6.92 Å². The minimum atomic E-state index is -4.09. The van der Waals surface area contributed by atoms with E-state index in [1.165, 1.54) is 17.0 Å². The van der Waals surface area contributed by atoms with Crippen LogP contribution in [-0.4, -0.2) is 43.8 Å². The molecule has 7 nitrogen and oxygen atoms in total. The molecule has 0 spiro atoms. The Labute approximate surface area is 230 Å². The predicted molar refractivity (Wildman–Crippen MR) is 152 cm³/mol. The molecular formula is C29H34ClN3O4S. The number of halogens is 1. The van der Waals surface area contributed by atoms with Gasteiger partial charge in [-0.05, 0) is 68.7 Å². The molecule has 38 heavy (non-hydrogen) atoms. The normalized spacial score (nSPS) is 12.9. The van der Waals surface area contributed by atoms with Crippen LogP contribution in [0.5, 0.6) is 0 Å². The largest absolute Gasteiger partial charge is 0.352 e. The molecule has 0 radical (unpaired) electrons. The van der Waals surface area contributed by atoms with Gasteiger partial charge in [-0.2, -0.15) is 0 Å². The number of amides is 2. The molecule has 0 aliphatic rings. The highest BCUT2D eigenvalue weighted by molar-refractivity contribution is 7.92. The van der Waals surface area contributed by atoms with Crippen LogP contribution >= 0.6 is 11.6 Å². The van der Waals surface area contributed by atoms with Gasteiger partial charge in [0.25, 0.3) is 10.0 Å². The van der Waals surface area contributed by atoms with Crippen LogP contribution in [0.2, 0.25) is 5.02 Å². The molecule has 3 rings (SSSR count). The van der Waals surface area contributed by atoms with E-state index in [4.69, 9.17) is 11.6 Å². The van der Waals surface area contributed by atoms with E-state index >= 15 is 0 Å². The van der Waals surface area contributed by atoms with Crippen molar-refractivity contribution in [3.8, 4) is 0 Å². The van der Waals surface area contributed by atoms with Gasteiger partial charge in [0, 0.05) is 17.6 Å². The number of carbonyl (C=O) groups is 2. The van der Waals surface area contributed by atoms with Gasteiger partial charge in [-0.15, -0.1) is 0 Å². The lowest BCUT2D eigenvalue weighted by Gasteiger charge is -2.33. The fourth-order valence-corrected chi connectivity index (χ4v) is 5.67. The van der Waals surface area contributed by atoms with Crippen LogP contribution in [0.1, 0.15) is 38.3 Å². The van der Waals surface area contributed by atoms with Gasteiger partial charge in [-0.1, -0.05) is 67.1 Å². The van der Waals surface area contributed by atoms with Crippen LogP contribution in [-0.2, 0) is 26.2 Å². The number of rotatable bonds is 11. The number of aryl methyl sites for hydroxylation is 1. The Morgan fingerprint density at radius 1 is 0.947 bits per heavy atom. The van der Waals surface area contributed by atoms with Gasteiger partial charge in [-0.25, -0.2) is 8.42 Å². The molecule has 202 valence electrons. The van der Waals surface area contributed by atoms with Crippen molar-refractivity contribution in [2.24, 2.45) is 0 Å². The Hall–Kier alpha value is -3.36. The highest BCUT2D eigenvalue weighted by atomic mass is 35.5. The van der Waals surface area contributed by atoms with Crippen molar-refractivity contribution in [2.75, 3.05) is 10.8 Å². The lowest BCUT2D eigenvalue weighted by atomic mass is 10.1. The third-order valence-electron chi connectivity index (χ3n) is 6.40. The smallest absolute Gasteiger partial charge is 0.264 e. The summed E-state index contributed by atoms with van der Waals surface area (Å²) in [7, 11) is -4.09. The quantitative estimate of drug-likeness (QED) is 0.353. The zero-order chi connectivity index (χ0) is 27.9. The van der Waals surface area contributed by atoms with Crippen molar-refractivity contribution >= 4 is 39.1 Å². The molecule has 0 heterocycles. The molecule has 2 atom stereocenters. The summed E-state index contributed by atoms with van der Waals surface area (Å²) in [5, 5.41) is 3.42. The maximum atomic E-state index is 13.9. The molecule has 0 saturated heterocycles. The summed E-state index contributed by atoms with van der Waals surface area (Å²) < 4.78 is 28.7.